The monoisotopic (exact) mass is 420 g/mol. The lowest BCUT2D eigenvalue weighted by molar-refractivity contribution is 0.0722. The Morgan fingerprint density at radius 2 is 1.76 bits per heavy atom. The van der Waals surface area contributed by atoms with Crippen LogP contribution in [0.2, 0.25) is 0 Å². The van der Waals surface area contributed by atoms with Gasteiger partial charge in [0.25, 0.3) is 15.9 Å². The van der Waals surface area contributed by atoms with E-state index >= 15 is 0 Å². The molecule has 0 aliphatic carbocycles. The molecule has 0 spiro atoms. The summed E-state index contributed by atoms with van der Waals surface area (Å²) in [5.74, 6) is -0.308. The van der Waals surface area contributed by atoms with Crippen LogP contribution in [0.4, 0.5) is 0 Å². The normalized spacial score (nSPS) is 16.7. The largest absolute Gasteiger partial charge is 0.438 e. The highest BCUT2D eigenvalue weighted by Crippen LogP contribution is 2.24. The molecule has 3 rings (SSSR count). The second-order valence-electron chi connectivity index (χ2n) is 7.43. The molecular formula is C21H28N2O5S. The van der Waals surface area contributed by atoms with Crippen LogP contribution in [-0.2, 0) is 21.2 Å². The van der Waals surface area contributed by atoms with Gasteiger partial charge in [-0.3, -0.25) is 4.79 Å². The van der Waals surface area contributed by atoms with Crippen molar-refractivity contribution in [2.45, 2.75) is 38.3 Å². The SMILES string of the molecule is CCc1ccc(C(NC(=O)c2ccc(S(=O)(=O)N3CCOCC3)o2)C(C)C)cc1. The zero-order valence-electron chi connectivity index (χ0n) is 17.1. The first-order chi connectivity index (χ1) is 13.8. The van der Waals surface area contributed by atoms with E-state index in [1.54, 1.807) is 0 Å². The van der Waals surface area contributed by atoms with Gasteiger partial charge in [0.2, 0.25) is 5.09 Å². The summed E-state index contributed by atoms with van der Waals surface area (Å²) in [6, 6.07) is 10.7. The van der Waals surface area contributed by atoms with Crippen molar-refractivity contribution in [3.8, 4) is 0 Å². The molecule has 7 nitrogen and oxygen atoms in total. The highest BCUT2D eigenvalue weighted by atomic mass is 32.2. The number of sulfonamides is 1. The molecule has 0 radical (unpaired) electrons. The molecule has 2 heterocycles. The van der Waals surface area contributed by atoms with Crippen molar-refractivity contribution in [1.29, 1.82) is 0 Å². The van der Waals surface area contributed by atoms with E-state index in [0.29, 0.717) is 13.2 Å². The third kappa shape index (κ3) is 4.88. The molecule has 0 saturated carbocycles. The molecule has 1 aliphatic rings. The number of hydrogen-bond acceptors (Lipinski definition) is 5. The van der Waals surface area contributed by atoms with Gasteiger partial charge in [0.15, 0.2) is 5.76 Å². The molecule has 8 heteroatoms. The van der Waals surface area contributed by atoms with E-state index in [-0.39, 0.29) is 35.9 Å². The van der Waals surface area contributed by atoms with Gasteiger partial charge in [-0.2, -0.15) is 4.31 Å². The van der Waals surface area contributed by atoms with Crippen LogP contribution >= 0.6 is 0 Å². The average molecular weight is 421 g/mol. The van der Waals surface area contributed by atoms with Crippen LogP contribution in [0.1, 0.15) is 48.5 Å². The number of amides is 1. The van der Waals surface area contributed by atoms with E-state index in [4.69, 9.17) is 9.15 Å². The standard InChI is InChI=1S/C21H28N2O5S/c1-4-16-5-7-17(8-6-16)20(15(2)3)22-21(24)18-9-10-19(28-18)29(25,26)23-11-13-27-14-12-23/h5-10,15,20H,4,11-14H2,1-3H3,(H,22,24). The molecule has 158 valence electrons. The Morgan fingerprint density at radius 1 is 1.10 bits per heavy atom. The summed E-state index contributed by atoms with van der Waals surface area (Å²) in [6.45, 7) is 7.38. The molecule has 1 N–H and O–H groups in total. The first kappa shape index (κ1) is 21.5. The molecular weight excluding hydrogens is 392 g/mol. The van der Waals surface area contributed by atoms with Gasteiger partial charge in [0.05, 0.1) is 19.3 Å². The van der Waals surface area contributed by atoms with E-state index < -0.39 is 15.9 Å². The number of benzene rings is 1. The number of nitrogens with zero attached hydrogens (tertiary/aromatic N) is 1. The summed E-state index contributed by atoms with van der Waals surface area (Å²) in [5.41, 5.74) is 2.23. The quantitative estimate of drug-likeness (QED) is 0.744. The number of rotatable bonds is 7. The maximum absolute atomic E-state index is 12.7. The maximum Gasteiger partial charge on any atom is 0.287 e. The zero-order valence-corrected chi connectivity index (χ0v) is 17.9. The van der Waals surface area contributed by atoms with Gasteiger partial charge in [-0.25, -0.2) is 8.42 Å². The smallest absolute Gasteiger partial charge is 0.287 e. The van der Waals surface area contributed by atoms with Crippen LogP contribution in [0, 0.1) is 5.92 Å². The van der Waals surface area contributed by atoms with E-state index in [2.05, 4.69) is 24.4 Å². The van der Waals surface area contributed by atoms with Crippen LogP contribution in [0.15, 0.2) is 45.9 Å². The van der Waals surface area contributed by atoms with Gasteiger partial charge >= 0.3 is 0 Å². The number of morpholine rings is 1. The molecule has 1 aromatic heterocycles. The molecule has 1 atom stereocenters. The van der Waals surface area contributed by atoms with E-state index in [1.807, 2.05) is 26.0 Å². The number of carbonyl (C=O) groups excluding carboxylic acids is 1. The predicted octanol–water partition coefficient (Wildman–Crippen LogP) is 2.99. The Bertz CT molecular complexity index is 928. The maximum atomic E-state index is 12.7. The molecule has 29 heavy (non-hydrogen) atoms. The topological polar surface area (TPSA) is 88.9 Å². The number of furan rings is 1. The number of ether oxygens (including phenoxy) is 1. The first-order valence-electron chi connectivity index (χ1n) is 9.90. The van der Waals surface area contributed by atoms with Gasteiger partial charge in [-0.1, -0.05) is 45.0 Å². The van der Waals surface area contributed by atoms with Crippen molar-refractivity contribution in [3.63, 3.8) is 0 Å². The summed E-state index contributed by atoms with van der Waals surface area (Å²) in [5, 5.41) is 2.75. The lowest BCUT2D eigenvalue weighted by Gasteiger charge is -2.24. The average Bonchev–Trinajstić information content (AvgIpc) is 3.24. The van der Waals surface area contributed by atoms with Gasteiger partial charge in [0, 0.05) is 13.1 Å². The molecule has 1 fully saturated rings. The minimum absolute atomic E-state index is 0.0207. The van der Waals surface area contributed by atoms with Gasteiger partial charge in [-0.15, -0.1) is 0 Å². The fraction of sp³-hybridized carbons (Fsp3) is 0.476. The molecule has 1 unspecified atom stereocenters. The number of hydrogen-bond donors (Lipinski definition) is 1. The number of nitrogens with one attached hydrogen (secondary N) is 1. The Kier molecular flexibility index (Phi) is 6.77. The zero-order chi connectivity index (χ0) is 21.0. The molecule has 1 aromatic carbocycles. The van der Waals surface area contributed by atoms with Crippen molar-refractivity contribution < 1.29 is 22.4 Å². The highest BCUT2D eigenvalue weighted by Gasteiger charge is 2.30. The fourth-order valence-corrected chi connectivity index (χ4v) is 4.62. The van der Waals surface area contributed by atoms with E-state index in [9.17, 15) is 13.2 Å². The molecule has 0 bridgehead atoms. The van der Waals surface area contributed by atoms with Crippen LogP contribution in [-0.4, -0.2) is 44.9 Å². The van der Waals surface area contributed by atoms with Crippen molar-refractivity contribution in [2.24, 2.45) is 5.92 Å². The summed E-state index contributed by atoms with van der Waals surface area (Å²) < 4.78 is 37.3. The fourth-order valence-electron chi connectivity index (χ4n) is 3.30. The van der Waals surface area contributed by atoms with E-state index in [1.165, 1.54) is 22.0 Å². The molecule has 1 amide bonds. The second kappa shape index (κ2) is 9.11. The minimum Gasteiger partial charge on any atom is -0.438 e. The predicted molar refractivity (Wildman–Crippen MR) is 109 cm³/mol. The van der Waals surface area contributed by atoms with E-state index in [0.717, 1.165) is 12.0 Å². The minimum atomic E-state index is -3.77. The van der Waals surface area contributed by atoms with Crippen LogP contribution in [0.3, 0.4) is 0 Å². The van der Waals surface area contributed by atoms with Gasteiger partial charge in [0.1, 0.15) is 0 Å². The Morgan fingerprint density at radius 3 is 2.34 bits per heavy atom. The summed E-state index contributed by atoms with van der Waals surface area (Å²) in [4.78, 5) is 12.7. The van der Waals surface area contributed by atoms with Crippen molar-refractivity contribution in [1.82, 2.24) is 9.62 Å². The highest BCUT2D eigenvalue weighted by molar-refractivity contribution is 7.89. The Balaban J connectivity index is 1.75. The van der Waals surface area contributed by atoms with Crippen LogP contribution in [0.5, 0.6) is 0 Å². The molecule has 1 saturated heterocycles. The Hall–Kier alpha value is -2.16. The van der Waals surface area contributed by atoms with Crippen molar-refractivity contribution >= 4 is 15.9 Å². The number of carbonyl (C=O) groups is 1. The first-order valence-corrected chi connectivity index (χ1v) is 11.3. The van der Waals surface area contributed by atoms with Crippen LogP contribution < -0.4 is 5.32 Å². The third-order valence-electron chi connectivity index (χ3n) is 5.07. The summed E-state index contributed by atoms with van der Waals surface area (Å²) in [7, 11) is -3.77. The van der Waals surface area contributed by atoms with Gasteiger partial charge in [-0.05, 0) is 35.6 Å². The molecule has 2 aromatic rings. The lowest BCUT2D eigenvalue weighted by atomic mass is 9.95. The summed E-state index contributed by atoms with van der Waals surface area (Å²) >= 11 is 0. The lowest BCUT2D eigenvalue weighted by Crippen LogP contribution is -2.40. The van der Waals surface area contributed by atoms with Crippen molar-refractivity contribution in [3.05, 3.63) is 53.3 Å². The summed E-state index contributed by atoms with van der Waals surface area (Å²) in [6.07, 6.45) is 0.950. The Labute approximate surface area is 172 Å². The van der Waals surface area contributed by atoms with Gasteiger partial charge < -0.3 is 14.5 Å². The number of aryl methyl sites for hydroxylation is 1. The van der Waals surface area contributed by atoms with Crippen molar-refractivity contribution in [2.75, 3.05) is 26.3 Å². The third-order valence-corrected chi connectivity index (χ3v) is 6.84. The second-order valence-corrected chi connectivity index (χ2v) is 9.29. The molecule has 1 aliphatic heterocycles. The van der Waals surface area contributed by atoms with Crippen LogP contribution in [0.25, 0.3) is 0 Å².